The highest BCUT2D eigenvalue weighted by atomic mass is 16.3. The Bertz CT molecular complexity index is 514. The molecule has 112 valence electrons. The Morgan fingerprint density at radius 2 is 1.76 bits per heavy atom. The Morgan fingerprint density at radius 3 is 2.38 bits per heavy atom. The molecule has 2 heterocycles. The van der Waals surface area contributed by atoms with Gasteiger partial charge < -0.3 is 10.2 Å². The van der Waals surface area contributed by atoms with Crippen LogP contribution in [0.3, 0.4) is 0 Å². The van der Waals surface area contributed by atoms with Crippen LogP contribution in [-0.4, -0.2) is 39.9 Å². The average molecular weight is 285 g/mol. The van der Waals surface area contributed by atoms with Gasteiger partial charge >= 0.3 is 0 Å². The molecule has 3 rings (SSSR count). The van der Waals surface area contributed by atoms with Gasteiger partial charge in [-0.3, -0.25) is 4.90 Å². The van der Waals surface area contributed by atoms with E-state index in [2.05, 4.69) is 41.0 Å². The fourth-order valence-corrected chi connectivity index (χ4v) is 3.63. The molecule has 2 aliphatic rings. The van der Waals surface area contributed by atoms with Gasteiger partial charge in [0.25, 0.3) is 0 Å². The van der Waals surface area contributed by atoms with Gasteiger partial charge in [-0.05, 0) is 43.4 Å². The van der Waals surface area contributed by atoms with Crippen LogP contribution in [0, 0.1) is 11.8 Å². The Labute approximate surface area is 126 Å². The van der Waals surface area contributed by atoms with Crippen molar-refractivity contribution in [3.63, 3.8) is 0 Å². The Kier molecular flexibility index (Phi) is 4.60. The van der Waals surface area contributed by atoms with Gasteiger partial charge in [0.15, 0.2) is 0 Å². The third-order valence-electron chi connectivity index (χ3n) is 4.65. The number of fused-ring (bicyclic) bond motifs is 2. The first kappa shape index (κ1) is 14.6. The van der Waals surface area contributed by atoms with Gasteiger partial charge in [-0.15, -0.1) is 0 Å². The van der Waals surface area contributed by atoms with Gasteiger partial charge in [0.05, 0.1) is 12.7 Å². The number of hydrogen-bond donors (Lipinski definition) is 2. The molecule has 3 nitrogen and oxygen atoms in total. The Morgan fingerprint density at radius 1 is 1.10 bits per heavy atom. The SMILES string of the molecule is OCCC#Cc1ccc(CN2C3CCC2CC(O)C3)cc1. The minimum absolute atomic E-state index is 0.0945. The van der Waals surface area contributed by atoms with Gasteiger partial charge in [0.2, 0.25) is 0 Å². The summed E-state index contributed by atoms with van der Waals surface area (Å²) in [5, 5.41) is 18.6. The maximum atomic E-state index is 9.85. The normalized spacial score (nSPS) is 28.2. The summed E-state index contributed by atoms with van der Waals surface area (Å²) >= 11 is 0. The van der Waals surface area contributed by atoms with E-state index in [4.69, 9.17) is 5.11 Å². The van der Waals surface area contributed by atoms with E-state index in [1.54, 1.807) is 0 Å². The standard InChI is InChI=1S/C18H23NO2/c20-10-2-1-3-14-4-6-15(7-5-14)13-19-16-8-9-17(19)12-18(21)11-16/h4-7,16-18,20-21H,2,8-13H2. The molecular weight excluding hydrogens is 262 g/mol. The zero-order valence-corrected chi connectivity index (χ0v) is 12.3. The highest BCUT2D eigenvalue weighted by Crippen LogP contribution is 2.36. The van der Waals surface area contributed by atoms with Crippen LogP contribution in [0.2, 0.25) is 0 Å². The summed E-state index contributed by atoms with van der Waals surface area (Å²) in [7, 11) is 0. The minimum atomic E-state index is -0.0945. The number of piperidine rings is 1. The zero-order valence-electron chi connectivity index (χ0n) is 12.3. The molecule has 1 aromatic carbocycles. The number of nitrogens with zero attached hydrogens (tertiary/aromatic N) is 1. The first-order valence-electron chi connectivity index (χ1n) is 7.89. The molecule has 0 radical (unpaired) electrons. The first-order chi connectivity index (χ1) is 10.3. The average Bonchev–Trinajstić information content (AvgIpc) is 2.72. The molecule has 3 heteroatoms. The van der Waals surface area contributed by atoms with Crippen molar-refractivity contribution in [2.45, 2.75) is 56.8 Å². The van der Waals surface area contributed by atoms with Gasteiger partial charge in [0.1, 0.15) is 0 Å². The molecule has 2 saturated heterocycles. The molecule has 0 saturated carbocycles. The molecule has 0 aliphatic carbocycles. The van der Waals surface area contributed by atoms with E-state index in [-0.39, 0.29) is 12.7 Å². The van der Waals surface area contributed by atoms with Crippen LogP contribution < -0.4 is 0 Å². The molecule has 1 aromatic rings. The van der Waals surface area contributed by atoms with Crippen molar-refractivity contribution in [3.05, 3.63) is 35.4 Å². The second-order valence-corrected chi connectivity index (χ2v) is 6.15. The van der Waals surface area contributed by atoms with Crippen LogP contribution in [0.5, 0.6) is 0 Å². The van der Waals surface area contributed by atoms with Crippen LogP contribution in [0.25, 0.3) is 0 Å². The number of hydrogen-bond acceptors (Lipinski definition) is 3. The van der Waals surface area contributed by atoms with E-state index in [0.717, 1.165) is 24.9 Å². The summed E-state index contributed by atoms with van der Waals surface area (Å²) in [5.74, 6) is 6.00. The van der Waals surface area contributed by atoms with Crippen molar-refractivity contribution in [2.75, 3.05) is 6.61 Å². The smallest absolute Gasteiger partial charge is 0.0570 e. The van der Waals surface area contributed by atoms with Crippen molar-refractivity contribution in [3.8, 4) is 11.8 Å². The van der Waals surface area contributed by atoms with Gasteiger partial charge in [-0.25, -0.2) is 0 Å². The second kappa shape index (κ2) is 6.62. The van der Waals surface area contributed by atoms with Crippen molar-refractivity contribution < 1.29 is 10.2 Å². The van der Waals surface area contributed by atoms with Crippen LogP contribution in [0.1, 0.15) is 43.2 Å². The summed E-state index contributed by atoms with van der Waals surface area (Å²) < 4.78 is 0. The highest BCUT2D eigenvalue weighted by molar-refractivity contribution is 5.36. The van der Waals surface area contributed by atoms with E-state index >= 15 is 0 Å². The Hall–Kier alpha value is -1.34. The third kappa shape index (κ3) is 3.47. The lowest BCUT2D eigenvalue weighted by Gasteiger charge is -2.37. The maximum absolute atomic E-state index is 9.85. The van der Waals surface area contributed by atoms with E-state index in [0.29, 0.717) is 18.5 Å². The predicted octanol–water partition coefficient (Wildman–Crippen LogP) is 1.91. The van der Waals surface area contributed by atoms with Gasteiger partial charge in [-0.1, -0.05) is 24.0 Å². The summed E-state index contributed by atoms with van der Waals surface area (Å²) in [6.45, 7) is 1.10. The van der Waals surface area contributed by atoms with E-state index in [1.165, 1.54) is 18.4 Å². The predicted molar refractivity (Wildman–Crippen MR) is 82.6 cm³/mol. The molecule has 2 aliphatic heterocycles. The van der Waals surface area contributed by atoms with Crippen molar-refractivity contribution >= 4 is 0 Å². The minimum Gasteiger partial charge on any atom is -0.395 e. The molecule has 2 bridgehead atoms. The highest BCUT2D eigenvalue weighted by Gasteiger charge is 2.39. The lowest BCUT2D eigenvalue weighted by Crippen LogP contribution is -2.44. The number of benzene rings is 1. The molecule has 2 unspecified atom stereocenters. The second-order valence-electron chi connectivity index (χ2n) is 6.15. The maximum Gasteiger partial charge on any atom is 0.0570 e. The molecule has 0 spiro atoms. The van der Waals surface area contributed by atoms with Crippen LogP contribution in [-0.2, 0) is 6.54 Å². The summed E-state index contributed by atoms with van der Waals surface area (Å²) in [6, 6.07) is 9.52. The fraction of sp³-hybridized carbons (Fsp3) is 0.556. The lowest BCUT2D eigenvalue weighted by molar-refractivity contribution is 0.0310. The van der Waals surface area contributed by atoms with Crippen LogP contribution >= 0.6 is 0 Å². The molecule has 0 aromatic heterocycles. The molecule has 2 atom stereocenters. The number of rotatable bonds is 3. The summed E-state index contributed by atoms with van der Waals surface area (Å²) in [5.41, 5.74) is 2.32. The fourth-order valence-electron chi connectivity index (χ4n) is 3.63. The molecule has 0 amide bonds. The number of aliphatic hydroxyl groups excluding tert-OH is 2. The summed E-state index contributed by atoms with van der Waals surface area (Å²) in [6.07, 6.45) is 4.76. The van der Waals surface area contributed by atoms with Crippen molar-refractivity contribution in [1.29, 1.82) is 0 Å². The van der Waals surface area contributed by atoms with E-state index in [1.807, 2.05) is 0 Å². The molecule has 2 fully saturated rings. The topological polar surface area (TPSA) is 43.7 Å². The van der Waals surface area contributed by atoms with E-state index in [9.17, 15) is 5.11 Å². The molecule has 21 heavy (non-hydrogen) atoms. The summed E-state index contributed by atoms with van der Waals surface area (Å²) in [4.78, 5) is 2.57. The van der Waals surface area contributed by atoms with Crippen molar-refractivity contribution in [2.24, 2.45) is 0 Å². The van der Waals surface area contributed by atoms with Gasteiger partial charge in [0, 0.05) is 30.6 Å². The monoisotopic (exact) mass is 285 g/mol. The zero-order chi connectivity index (χ0) is 14.7. The lowest BCUT2D eigenvalue weighted by atomic mass is 9.99. The van der Waals surface area contributed by atoms with Crippen LogP contribution in [0.15, 0.2) is 24.3 Å². The largest absolute Gasteiger partial charge is 0.395 e. The number of aliphatic hydroxyl groups is 2. The van der Waals surface area contributed by atoms with E-state index < -0.39 is 0 Å². The van der Waals surface area contributed by atoms with Crippen molar-refractivity contribution in [1.82, 2.24) is 4.90 Å². The molecular formula is C18H23NO2. The Balaban J connectivity index is 1.62. The van der Waals surface area contributed by atoms with Crippen LogP contribution in [0.4, 0.5) is 0 Å². The molecule has 2 N–H and O–H groups in total. The third-order valence-corrected chi connectivity index (χ3v) is 4.65. The van der Waals surface area contributed by atoms with Gasteiger partial charge in [-0.2, -0.15) is 0 Å². The first-order valence-corrected chi connectivity index (χ1v) is 7.89. The quantitative estimate of drug-likeness (QED) is 0.834.